The van der Waals surface area contributed by atoms with Crippen LogP contribution in [0.1, 0.15) is 24.8 Å². The Hall–Kier alpha value is -2.43. The van der Waals surface area contributed by atoms with Crippen molar-refractivity contribution in [1.82, 2.24) is 0 Å². The zero-order chi connectivity index (χ0) is 15.9. The molecule has 0 aliphatic heterocycles. The smallest absolute Gasteiger partial charge is 0.387 e. The summed E-state index contributed by atoms with van der Waals surface area (Å²) in [4.78, 5) is 12.3. The van der Waals surface area contributed by atoms with E-state index in [1.165, 1.54) is 24.3 Å². The minimum absolute atomic E-state index is 0.0584. The largest absolute Gasteiger partial charge is 0.435 e. The van der Waals surface area contributed by atoms with Crippen LogP contribution in [0.5, 0.6) is 5.75 Å². The highest BCUT2D eigenvalue weighted by molar-refractivity contribution is 5.95. The van der Waals surface area contributed by atoms with E-state index in [9.17, 15) is 13.6 Å². The maximum Gasteiger partial charge on any atom is 0.387 e. The average molecular weight is 305 g/mol. The van der Waals surface area contributed by atoms with Gasteiger partial charge in [0.05, 0.1) is 5.92 Å². The van der Waals surface area contributed by atoms with Gasteiger partial charge in [0.1, 0.15) is 5.75 Å². The topological polar surface area (TPSA) is 38.3 Å². The van der Waals surface area contributed by atoms with Crippen LogP contribution in [0.15, 0.2) is 54.6 Å². The van der Waals surface area contributed by atoms with Gasteiger partial charge in [-0.2, -0.15) is 8.78 Å². The van der Waals surface area contributed by atoms with Crippen molar-refractivity contribution in [3.05, 3.63) is 60.2 Å². The Bertz CT molecular complexity index is 600. The maximum atomic E-state index is 12.3. The normalized spacial score (nSPS) is 12.0. The summed E-state index contributed by atoms with van der Waals surface area (Å²) in [5, 5.41) is 2.79. The summed E-state index contributed by atoms with van der Waals surface area (Å²) >= 11 is 0. The third-order valence-corrected chi connectivity index (χ3v) is 3.27. The molecule has 0 saturated carbocycles. The first-order valence-electron chi connectivity index (χ1n) is 7.01. The van der Waals surface area contributed by atoms with E-state index in [4.69, 9.17) is 0 Å². The van der Waals surface area contributed by atoms with E-state index in [0.717, 1.165) is 5.56 Å². The predicted molar refractivity (Wildman–Crippen MR) is 81.2 cm³/mol. The molecule has 116 valence electrons. The Labute approximate surface area is 127 Å². The number of nitrogens with one attached hydrogen (secondary N) is 1. The van der Waals surface area contributed by atoms with Crippen molar-refractivity contribution in [2.75, 3.05) is 5.32 Å². The second kappa shape index (κ2) is 7.54. The van der Waals surface area contributed by atoms with Gasteiger partial charge < -0.3 is 10.1 Å². The number of anilines is 1. The third kappa shape index (κ3) is 4.28. The van der Waals surface area contributed by atoms with Gasteiger partial charge in [-0.3, -0.25) is 4.79 Å². The Morgan fingerprint density at radius 3 is 2.27 bits per heavy atom. The fourth-order valence-corrected chi connectivity index (χ4v) is 2.21. The van der Waals surface area contributed by atoms with E-state index < -0.39 is 6.61 Å². The van der Waals surface area contributed by atoms with Crippen molar-refractivity contribution < 1.29 is 18.3 Å². The van der Waals surface area contributed by atoms with Gasteiger partial charge in [-0.05, 0) is 36.2 Å². The molecule has 3 nitrogen and oxygen atoms in total. The summed E-state index contributed by atoms with van der Waals surface area (Å²) < 4.78 is 28.4. The van der Waals surface area contributed by atoms with E-state index in [-0.39, 0.29) is 17.6 Å². The second-order valence-corrected chi connectivity index (χ2v) is 4.76. The molecule has 2 aromatic rings. The number of carbonyl (C=O) groups excluding carboxylic acids is 1. The highest BCUT2D eigenvalue weighted by Gasteiger charge is 2.18. The van der Waals surface area contributed by atoms with Crippen LogP contribution in [0.2, 0.25) is 0 Å². The summed E-state index contributed by atoms with van der Waals surface area (Å²) in [6.45, 7) is -0.917. The standard InChI is InChI=1S/C17H17F2NO2/c1-2-15(12-6-4-3-5-7-12)16(21)20-13-8-10-14(11-9-13)22-17(18)19/h3-11,15,17H,2H2,1H3,(H,20,21). The van der Waals surface area contributed by atoms with Gasteiger partial charge in [-0.1, -0.05) is 37.3 Å². The number of rotatable bonds is 6. The third-order valence-electron chi connectivity index (χ3n) is 3.27. The number of halogens is 2. The van der Waals surface area contributed by atoms with E-state index in [0.29, 0.717) is 12.1 Å². The molecule has 2 rings (SSSR count). The molecule has 0 saturated heterocycles. The molecule has 0 radical (unpaired) electrons. The summed E-state index contributed by atoms with van der Waals surface area (Å²) in [7, 11) is 0. The van der Waals surface area contributed by atoms with Crippen molar-refractivity contribution in [2.45, 2.75) is 25.9 Å². The van der Waals surface area contributed by atoms with Crippen LogP contribution in [0.3, 0.4) is 0 Å². The van der Waals surface area contributed by atoms with Gasteiger partial charge in [-0.15, -0.1) is 0 Å². The molecule has 0 bridgehead atoms. The molecule has 0 aliphatic carbocycles. The molecule has 2 aromatic carbocycles. The van der Waals surface area contributed by atoms with Crippen LogP contribution in [0, 0.1) is 0 Å². The lowest BCUT2D eigenvalue weighted by Crippen LogP contribution is -2.20. The molecule has 5 heteroatoms. The molecule has 0 aliphatic rings. The van der Waals surface area contributed by atoms with E-state index in [1.54, 1.807) is 0 Å². The average Bonchev–Trinajstić information content (AvgIpc) is 2.50. The molecule has 0 aromatic heterocycles. The molecule has 1 atom stereocenters. The second-order valence-electron chi connectivity index (χ2n) is 4.76. The summed E-state index contributed by atoms with van der Waals surface area (Å²) in [6.07, 6.45) is 0.669. The summed E-state index contributed by atoms with van der Waals surface area (Å²) in [5.74, 6) is -0.322. The number of benzene rings is 2. The van der Waals surface area contributed by atoms with E-state index >= 15 is 0 Å². The minimum atomic E-state index is -2.86. The molecular formula is C17H17F2NO2. The van der Waals surface area contributed by atoms with Gasteiger partial charge in [0.25, 0.3) is 0 Å². The molecule has 1 amide bonds. The highest BCUT2D eigenvalue weighted by Crippen LogP contribution is 2.23. The van der Waals surface area contributed by atoms with Crippen molar-refractivity contribution >= 4 is 11.6 Å². The van der Waals surface area contributed by atoms with E-state index in [1.807, 2.05) is 37.3 Å². The fourth-order valence-electron chi connectivity index (χ4n) is 2.21. The van der Waals surface area contributed by atoms with Gasteiger partial charge in [0.15, 0.2) is 0 Å². The Kier molecular flexibility index (Phi) is 5.47. The van der Waals surface area contributed by atoms with Gasteiger partial charge in [0.2, 0.25) is 5.91 Å². The SMILES string of the molecule is CCC(C(=O)Nc1ccc(OC(F)F)cc1)c1ccccc1. The lowest BCUT2D eigenvalue weighted by Gasteiger charge is -2.15. The van der Waals surface area contributed by atoms with E-state index in [2.05, 4.69) is 10.1 Å². The Morgan fingerprint density at radius 1 is 1.09 bits per heavy atom. The quantitative estimate of drug-likeness (QED) is 0.858. The maximum absolute atomic E-state index is 12.3. The zero-order valence-electron chi connectivity index (χ0n) is 12.1. The highest BCUT2D eigenvalue weighted by atomic mass is 19.3. The predicted octanol–water partition coefficient (Wildman–Crippen LogP) is 4.42. The lowest BCUT2D eigenvalue weighted by molar-refractivity contribution is -0.117. The molecule has 1 unspecified atom stereocenters. The minimum Gasteiger partial charge on any atom is -0.435 e. The number of alkyl halides is 2. The van der Waals surface area contributed by atoms with Crippen molar-refractivity contribution in [3.63, 3.8) is 0 Å². The van der Waals surface area contributed by atoms with Crippen LogP contribution in [0.25, 0.3) is 0 Å². The molecule has 0 heterocycles. The van der Waals surface area contributed by atoms with Gasteiger partial charge in [-0.25, -0.2) is 0 Å². The summed E-state index contributed by atoms with van der Waals surface area (Å²) in [5.41, 5.74) is 1.49. The number of carbonyl (C=O) groups is 1. The number of ether oxygens (including phenoxy) is 1. The number of amides is 1. The van der Waals surface area contributed by atoms with Crippen LogP contribution in [-0.2, 0) is 4.79 Å². The van der Waals surface area contributed by atoms with Crippen LogP contribution < -0.4 is 10.1 Å². The number of hydrogen-bond acceptors (Lipinski definition) is 2. The molecule has 1 N–H and O–H groups in total. The Balaban J connectivity index is 2.04. The molecular weight excluding hydrogens is 288 g/mol. The van der Waals surface area contributed by atoms with Crippen LogP contribution >= 0.6 is 0 Å². The molecule has 0 spiro atoms. The molecule has 22 heavy (non-hydrogen) atoms. The Morgan fingerprint density at radius 2 is 1.73 bits per heavy atom. The van der Waals surface area contributed by atoms with Crippen LogP contribution in [0.4, 0.5) is 14.5 Å². The van der Waals surface area contributed by atoms with Crippen molar-refractivity contribution in [2.24, 2.45) is 0 Å². The first-order valence-corrected chi connectivity index (χ1v) is 7.01. The van der Waals surface area contributed by atoms with Crippen LogP contribution in [-0.4, -0.2) is 12.5 Å². The molecule has 0 fully saturated rings. The fraction of sp³-hybridized carbons (Fsp3) is 0.235. The van der Waals surface area contributed by atoms with Crippen molar-refractivity contribution in [3.8, 4) is 5.75 Å². The zero-order valence-corrected chi connectivity index (χ0v) is 12.1. The van der Waals surface area contributed by atoms with Crippen molar-refractivity contribution in [1.29, 1.82) is 0 Å². The van der Waals surface area contributed by atoms with Gasteiger partial charge >= 0.3 is 6.61 Å². The van der Waals surface area contributed by atoms with Gasteiger partial charge in [0, 0.05) is 5.69 Å². The number of hydrogen-bond donors (Lipinski definition) is 1. The lowest BCUT2D eigenvalue weighted by atomic mass is 9.95. The monoisotopic (exact) mass is 305 g/mol. The summed E-state index contributed by atoms with van der Waals surface area (Å²) in [6, 6.07) is 15.4. The first-order chi connectivity index (χ1) is 10.6. The first kappa shape index (κ1) is 15.9.